The molecule has 1 aromatic carbocycles. The minimum absolute atomic E-state index is 0.511. The number of rotatable bonds is 9. The molecule has 1 heterocycles. The zero-order chi connectivity index (χ0) is 17.9. The van der Waals surface area contributed by atoms with Gasteiger partial charge in [-0.3, -0.25) is 0 Å². The number of aryl methyl sites for hydroxylation is 1. The number of guanidine groups is 1. The maximum absolute atomic E-state index is 4.57. The molecule has 0 aliphatic heterocycles. The van der Waals surface area contributed by atoms with E-state index in [4.69, 9.17) is 0 Å². The molecule has 0 bridgehead atoms. The molecule has 0 atom stereocenters. The van der Waals surface area contributed by atoms with Gasteiger partial charge in [0.1, 0.15) is 12.9 Å². The second kappa shape index (κ2) is 10.3. The fraction of sp³-hybridized carbons (Fsp3) is 0.500. The van der Waals surface area contributed by atoms with Crippen LogP contribution >= 0.6 is 0 Å². The first-order valence-corrected chi connectivity index (χ1v) is 8.89. The molecule has 0 saturated heterocycles. The van der Waals surface area contributed by atoms with Crippen molar-refractivity contribution in [2.24, 2.45) is 12.0 Å². The van der Waals surface area contributed by atoms with Crippen molar-refractivity contribution in [1.82, 2.24) is 25.4 Å². The molecule has 0 amide bonds. The number of aromatic nitrogens is 3. The van der Waals surface area contributed by atoms with Crippen LogP contribution in [-0.4, -0.2) is 46.9 Å². The molecular weight excluding hydrogens is 314 g/mol. The summed E-state index contributed by atoms with van der Waals surface area (Å²) in [6, 6.07) is 10.5. The highest BCUT2D eigenvalue weighted by atomic mass is 15.3. The van der Waals surface area contributed by atoms with E-state index in [0.29, 0.717) is 6.54 Å². The maximum Gasteiger partial charge on any atom is 0.191 e. The van der Waals surface area contributed by atoms with Crippen LogP contribution in [0.2, 0.25) is 0 Å². The van der Waals surface area contributed by atoms with Crippen molar-refractivity contribution in [2.45, 2.75) is 26.8 Å². The Labute approximate surface area is 150 Å². The molecule has 0 aliphatic carbocycles. The number of anilines is 1. The van der Waals surface area contributed by atoms with Gasteiger partial charge in [0.15, 0.2) is 11.8 Å². The van der Waals surface area contributed by atoms with Crippen LogP contribution in [0.4, 0.5) is 5.69 Å². The van der Waals surface area contributed by atoms with E-state index in [1.165, 1.54) is 5.69 Å². The van der Waals surface area contributed by atoms with Crippen molar-refractivity contribution in [3.63, 3.8) is 0 Å². The van der Waals surface area contributed by atoms with Crippen LogP contribution in [0.15, 0.2) is 41.7 Å². The van der Waals surface area contributed by atoms with Gasteiger partial charge in [0, 0.05) is 38.9 Å². The third-order valence-corrected chi connectivity index (χ3v) is 3.93. The summed E-state index contributed by atoms with van der Waals surface area (Å²) in [6.45, 7) is 8.47. The second-order valence-electron chi connectivity index (χ2n) is 5.75. The van der Waals surface area contributed by atoms with Gasteiger partial charge in [-0.1, -0.05) is 18.2 Å². The third kappa shape index (κ3) is 6.10. The van der Waals surface area contributed by atoms with Crippen LogP contribution in [0, 0.1) is 0 Å². The number of hydrogen-bond donors (Lipinski definition) is 2. The summed E-state index contributed by atoms with van der Waals surface area (Å²) in [5, 5.41) is 14.6. The van der Waals surface area contributed by atoms with Crippen LogP contribution in [-0.2, 0) is 13.6 Å². The molecular formula is C18H29N7. The first kappa shape index (κ1) is 18.8. The van der Waals surface area contributed by atoms with Gasteiger partial charge in [0.2, 0.25) is 0 Å². The molecule has 7 nitrogen and oxygen atoms in total. The minimum atomic E-state index is 0.511. The van der Waals surface area contributed by atoms with E-state index in [1.807, 2.05) is 11.6 Å². The maximum atomic E-state index is 4.57. The third-order valence-electron chi connectivity index (χ3n) is 3.93. The second-order valence-corrected chi connectivity index (χ2v) is 5.75. The highest BCUT2D eigenvalue weighted by molar-refractivity contribution is 5.79. The Morgan fingerprint density at radius 1 is 1.20 bits per heavy atom. The summed E-state index contributed by atoms with van der Waals surface area (Å²) < 4.78 is 1.88. The normalized spacial score (nSPS) is 11.4. The number of hydrogen-bond acceptors (Lipinski definition) is 4. The van der Waals surface area contributed by atoms with Gasteiger partial charge in [-0.15, -0.1) is 10.2 Å². The smallest absolute Gasteiger partial charge is 0.191 e. The standard InChI is InChI=1S/C18H29N7/c1-4-19-18(21-14-17-23-22-15-24(17)3)20-12-9-13-25(5-2)16-10-7-6-8-11-16/h6-8,10-11,15H,4-5,9,12-14H2,1-3H3,(H2,19,20,21). The average Bonchev–Trinajstić information content (AvgIpc) is 3.05. The highest BCUT2D eigenvalue weighted by Gasteiger charge is 2.04. The number of nitrogens with one attached hydrogen (secondary N) is 2. The van der Waals surface area contributed by atoms with Gasteiger partial charge in [-0.25, -0.2) is 4.99 Å². The fourth-order valence-corrected chi connectivity index (χ4v) is 2.53. The van der Waals surface area contributed by atoms with Crippen molar-refractivity contribution in [1.29, 1.82) is 0 Å². The summed E-state index contributed by atoms with van der Waals surface area (Å²) in [6.07, 6.45) is 2.73. The Hall–Kier alpha value is -2.57. The van der Waals surface area contributed by atoms with Crippen molar-refractivity contribution in [2.75, 3.05) is 31.1 Å². The molecule has 2 aromatic rings. The molecule has 0 radical (unpaired) electrons. The molecule has 0 saturated carbocycles. The van der Waals surface area contributed by atoms with Crippen LogP contribution < -0.4 is 15.5 Å². The van der Waals surface area contributed by atoms with Gasteiger partial charge < -0.3 is 20.1 Å². The Kier molecular flexibility index (Phi) is 7.75. The summed E-state index contributed by atoms with van der Waals surface area (Å²) in [4.78, 5) is 6.95. The molecule has 0 fully saturated rings. The quantitative estimate of drug-likeness (QED) is 0.413. The molecule has 1 aromatic heterocycles. The lowest BCUT2D eigenvalue weighted by Gasteiger charge is -2.23. The topological polar surface area (TPSA) is 70.4 Å². The predicted octanol–water partition coefficient (Wildman–Crippen LogP) is 1.79. The van der Waals surface area contributed by atoms with Crippen LogP contribution in [0.5, 0.6) is 0 Å². The van der Waals surface area contributed by atoms with Crippen molar-refractivity contribution < 1.29 is 0 Å². The van der Waals surface area contributed by atoms with Crippen LogP contribution in [0.3, 0.4) is 0 Å². The minimum Gasteiger partial charge on any atom is -0.372 e. The first-order chi connectivity index (χ1) is 12.2. The van der Waals surface area contributed by atoms with E-state index in [0.717, 1.165) is 44.4 Å². The van der Waals surface area contributed by atoms with Crippen LogP contribution in [0.1, 0.15) is 26.1 Å². The van der Waals surface area contributed by atoms with Gasteiger partial charge in [0.05, 0.1) is 0 Å². The van der Waals surface area contributed by atoms with E-state index in [9.17, 15) is 0 Å². The van der Waals surface area contributed by atoms with Gasteiger partial charge in [-0.05, 0) is 32.4 Å². The highest BCUT2D eigenvalue weighted by Crippen LogP contribution is 2.12. The fourth-order valence-electron chi connectivity index (χ4n) is 2.53. The Morgan fingerprint density at radius 3 is 2.64 bits per heavy atom. The monoisotopic (exact) mass is 343 g/mol. The van der Waals surface area contributed by atoms with E-state index in [2.05, 4.69) is 74.9 Å². The van der Waals surface area contributed by atoms with Crippen molar-refractivity contribution in [3.05, 3.63) is 42.5 Å². The summed E-state index contributed by atoms with van der Waals surface area (Å²) >= 11 is 0. The van der Waals surface area contributed by atoms with E-state index in [-0.39, 0.29) is 0 Å². The number of aliphatic imine (C=N–C) groups is 1. The molecule has 0 spiro atoms. The SMILES string of the molecule is CCNC(=NCc1nncn1C)NCCCN(CC)c1ccccc1. The molecule has 2 N–H and O–H groups in total. The Bertz CT molecular complexity index is 636. The zero-order valence-corrected chi connectivity index (χ0v) is 15.4. The largest absolute Gasteiger partial charge is 0.372 e. The zero-order valence-electron chi connectivity index (χ0n) is 15.4. The molecule has 25 heavy (non-hydrogen) atoms. The molecule has 2 rings (SSSR count). The first-order valence-electron chi connectivity index (χ1n) is 8.89. The van der Waals surface area contributed by atoms with E-state index >= 15 is 0 Å². The Balaban J connectivity index is 1.79. The van der Waals surface area contributed by atoms with Gasteiger partial charge >= 0.3 is 0 Å². The van der Waals surface area contributed by atoms with E-state index < -0.39 is 0 Å². The molecule has 0 unspecified atom stereocenters. The Morgan fingerprint density at radius 2 is 2.00 bits per heavy atom. The van der Waals surface area contributed by atoms with Crippen molar-refractivity contribution >= 4 is 11.6 Å². The lowest BCUT2D eigenvalue weighted by molar-refractivity contribution is 0.705. The van der Waals surface area contributed by atoms with Gasteiger partial charge in [-0.2, -0.15) is 0 Å². The summed E-state index contributed by atoms with van der Waals surface area (Å²) in [5.41, 5.74) is 1.27. The summed E-state index contributed by atoms with van der Waals surface area (Å²) in [5.74, 6) is 1.66. The van der Waals surface area contributed by atoms with Crippen molar-refractivity contribution in [3.8, 4) is 0 Å². The number of para-hydroxylation sites is 1. The number of benzene rings is 1. The molecule has 0 aliphatic rings. The average molecular weight is 343 g/mol. The predicted molar refractivity (Wildman–Crippen MR) is 103 cm³/mol. The lowest BCUT2D eigenvalue weighted by Crippen LogP contribution is -2.39. The molecule has 136 valence electrons. The van der Waals surface area contributed by atoms with Crippen LogP contribution in [0.25, 0.3) is 0 Å². The summed E-state index contributed by atoms with van der Waals surface area (Å²) in [7, 11) is 1.92. The van der Waals surface area contributed by atoms with Gasteiger partial charge in [0.25, 0.3) is 0 Å². The van der Waals surface area contributed by atoms with E-state index in [1.54, 1.807) is 6.33 Å². The number of nitrogens with zero attached hydrogens (tertiary/aromatic N) is 5. The lowest BCUT2D eigenvalue weighted by atomic mass is 10.2. The molecule has 7 heteroatoms.